The molecule has 22 nitrogen and oxygen atoms in total. The summed E-state index contributed by atoms with van der Waals surface area (Å²) in [4.78, 5) is 94.5. The van der Waals surface area contributed by atoms with Gasteiger partial charge in [-0.05, 0) is 179 Å². The van der Waals surface area contributed by atoms with E-state index in [9.17, 15) is 42.3 Å². The lowest BCUT2D eigenvalue weighted by molar-refractivity contribution is -0.182. The molecule has 4 aromatic carbocycles. The molecule has 3 saturated carbocycles. The smallest absolute Gasteiger partial charge is 0.264 e. The van der Waals surface area contributed by atoms with E-state index in [4.69, 9.17) is 13.9 Å². The van der Waals surface area contributed by atoms with Crippen molar-refractivity contribution in [3.63, 3.8) is 0 Å². The number of ether oxygens (including phenoxy) is 2. The van der Waals surface area contributed by atoms with Gasteiger partial charge >= 0.3 is 0 Å². The predicted octanol–water partition coefficient (Wildman–Crippen LogP) is 11.0. The molecule has 24 heteroatoms. The topological polar surface area (TPSA) is 274 Å². The van der Waals surface area contributed by atoms with Crippen LogP contribution >= 0.6 is 11.8 Å². The van der Waals surface area contributed by atoms with Gasteiger partial charge in [-0.25, -0.2) is 18.1 Å². The number of sulfonamides is 1. The van der Waals surface area contributed by atoms with Gasteiger partial charge in [0.2, 0.25) is 23.6 Å². The summed E-state index contributed by atoms with van der Waals surface area (Å²) in [6, 6.07) is 28.1. The lowest BCUT2D eigenvalue weighted by Gasteiger charge is -2.73. The van der Waals surface area contributed by atoms with Crippen molar-refractivity contribution in [1.82, 2.24) is 40.4 Å². The number of allylic oxidation sites excluding steroid dienone is 1. The molecule has 5 aromatic rings. The number of benzene rings is 4. The number of rotatable bonds is 36. The maximum absolute atomic E-state index is 14.1. The average Bonchev–Trinajstić information content (AvgIpc) is 0.823. The van der Waals surface area contributed by atoms with Crippen molar-refractivity contribution in [2.45, 2.75) is 192 Å². The number of aliphatic hydroxyl groups is 1. The number of aryl methyl sites for hydroxylation is 2. The zero-order chi connectivity index (χ0) is 76.1. The number of hydrogen-bond donors (Lipinski definition) is 6. The summed E-state index contributed by atoms with van der Waals surface area (Å²) in [6.45, 7) is 25.4. The number of piperazine rings is 1. The molecule has 0 unspecified atom stereocenters. The Morgan fingerprint density at radius 3 is 2.18 bits per heavy atom. The lowest BCUT2D eigenvalue weighted by Crippen LogP contribution is -2.63. The first-order chi connectivity index (χ1) is 51.2. The molecule has 4 heterocycles. The van der Waals surface area contributed by atoms with Crippen LogP contribution in [-0.2, 0) is 50.0 Å². The Bertz CT molecular complexity index is 4010. The molecule has 0 radical (unpaired) electrons. The fourth-order valence-corrected chi connectivity index (χ4v) is 18.7. The molecule has 2 bridgehead atoms. The van der Waals surface area contributed by atoms with Gasteiger partial charge in [-0.2, -0.15) is 0 Å². The van der Waals surface area contributed by atoms with Crippen LogP contribution < -0.4 is 30.9 Å². The average molecular weight is 1510 g/mol. The van der Waals surface area contributed by atoms with Gasteiger partial charge in [-0.3, -0.25) is 33.7 Å². The van der Waals surface area contributed by atoms with Crippen LogP contribution in [0.2, 0.25) is 0 Å². The van der Waals surface area contributed by atoms with Crippen molar-refractivity contribution in [2.24, 2.45) is 27.6 Å². The van der Waals surface area contributed by atoms with E-state index < -0.39 is 57.3 Å². The molecule has 3 saturated heterocycles. The highest BCUT2D eigenvalue weighted by Crippen LogP contribution is 2.79. The van der Waals surface area contributed by atoms with Crippen molar-refractivity contribution in [2.75, 3.05) is 108 Å². The number of carbonyl (C=O) groups excluding carboxylic acids is 6. The Morgan fingerprint density at radius 2 is 1.50 bits per heavy atom. The van der Waals surface area contributed by atoms with E-state index in [1.807, 2.05) is 74.0 Å². The molecule has 107 heavy (non-hydrogen) atoms. The number of oxazole rings is 1. The number of anilines is 2. The van der Waals surface area contributed by atoms with E-state index in [0.717, 1.165) is 116 Å². The molecule has 12 rings (SSSR count). The number of aromatic nitrogens is 1. The number of β-amino-alcohol motifs (C(OH)–C–C–N with tert-alkyl or cyclic N) is 1. The van der Waals surface area contributed by atoms with Crippen molar-refractivity contribution < 1.29 is 56.2 Å². The highest BCUT2D eigenvalue weighted by Gasteiger charge is 2.68. The van der Waals surface area contributed by atoms with Gasteiger partial charge in [0.15, 0.2) is 12.2 Å². The summed E-state index contributed by atoms with van der Waals surface area (Å²) in [7, 11) is -4.19. The Balaban J connectivity index is 0.540. The fourth-order valence-electron chi connectivity index (χ4n) is 16.6. The van der Waals surface area contributed by atoms with Crippen LogP contribution in [0.1, 0.15) is 165 Å². The third kappa shape index (κ3) is 21.3. The third-order valence-corrected chi connectivity index (χ3v) is 25.6. The number of amides is 5. The molecule has 6 N–H and O–H groups in total. The molecule has 0 spiro atoms. The van der Waals surface area contributed by atoms with Crippen LogP contribution in [0, 0.1) is 41.4 Å². The van der Waals surface area contributed by atoms with Gasteiger partial charge in [-0.15, -0.1) is 11.8 Å². The highest BCUT2D eigenvalue weighted by atomic mass is 32.2. The van der Waals surface area contributed by atoms with Crippen LogP contribution in [0.5, 0.6) is 0 Å². The Morgan fingerprint density at radius 1 is 0.804 bits per heavy atom. The van der Waals surface area contributed by atoms with E-state index in [-0.39, 0.29) is 79.6 Å². The summed E-state index contributed by atoms with van der Waals surface area (Å²) in [6.07, 6.45) is 12.9. The Kier molecular flexibility index (Phi) is 27.1. The number of carbonyl (C=O) groups is 6. The number of piperidine rings is 1. The fraction of sp³-hybridized carbons (Fsp3) is 0.578. The quantitative estimate of drug-likeness (QED) is 0.0124. The molecule has 3 aliphatic heterocycles. The first-order valence-corrected chi connectivity index (χ1v) is 41.3. The van der Waals surface area contributed by atoms with E-state index in [1.165, 1.54) is 56.2 Å². The SMILES string of the molecule is CCC12CC(C3=C(CN4CCN(c5ccc(C(=O)NS(=O)(=O)c6ccc(N[C@H](CCN7CCC(C(=O)CCCOCCOCCNC(=O)CCC(=O)N[C@H](C(=O)N8C[C@H](O)C[C@H]8C(=O)NCc8ccc(-c9ocnc9C)cc8)C(C)(C)C)CC7)CSc7ccccc7)c(C)c6)cc5)CC4)CCC(C)(C)C3)(C1)C2. The van der Waals surface area contributed by atoms with Gasteiger partial charge in [0.1, 0.15) is 17.9 Å². The second kappa shape index (κ2) is 35.9. The number of ketones is 1. The minimum Gasteiger partial charge on any atom is -0.443 e. The van der Waals surface area contributed by atoms with Crippen LogP contribution in [0.25, 0.3) is 11.3 Å². The highest BCUT2D eigenvalue weighted by molar-refractivity contribution is 7.99. The number of nitrogens with one attached hydrogen (secondary N) is 5. The number of aliphatic hydroxyl groups excluding tert-OH is 1. The normalized spacial score (nSPS) is 21.8. The van der Waals surface area contributed by atoms with Crippen molar-refractivity contribution in [3.05, 3.63) is 137 Å². The van der Waals surface area contributed by atoms with Crippen LogP contribution in [0.15, 0.2) is 129 Å². The second-order valence-corrected chi connectivity index (χ2v) is 35.5. The van der Waals surface area contributed by atoms with Gasteiger partial charge in [0.05, 0.1) is 36.5 Å². The van der Waals surface area contributed by atoms with E-state index in [1.54, 1.807) is 68.4 Å². The number of Topliss-reactive ketones (excluding diaryl/α,β-unsaturated/α-hetero) is 1. The maximum atomic E-state index is 14.1. The van der Waals surface area contributed by atoms with Gasteiger partial charge in [0.25, 0.3) is 15.9 Å². The van der Waals surface area contributed by atoms with E-state index in [0.29, 0.717) is 54.7 Å². The summed E-state index contributed by atoms with van der Waals surface area (Å²) in [5.74, 6) is -0.746. The van der Waals surface area contributed by atoms with Crippen LogP contribution in [0.3, 0.4) is 0 Å². The molecule has 5 amide bonds. The largest absolute Gasteiger partial charge is 0.443 e. The molecule has 580 valence electrons. The summed E-state index contributed by atoms with van der Waals surface area (Å²) >= 11 is 1.76. The first kappa shape index (κ1) is 80.6. The van der Waals surface area contributed by atoms with E-state index >= 15 is 0 Å². The minimum absolute atomic E-state index is 0.00133. The van der Waals surface area contributed by atoms with Gasteiger partial charge < -0.3 is 55.0 Å². The van der Waals surface area contributed by atoms with Gasteiger partial charge in [-0.1, -0.05) is 102 Å². The van der Waals surface area contributed by atoms with Crippen LogP contribution in [0.4, 0.5) is 11.4 Å². The third-order valence-electron chi connectivity index (χ3n) is 23.1. The summed E-state index contributed by atoms with van der Waals surface area (Å²) in [5, 5.41) is 22.8. The molecular weight excluding hydrogens is 1390 g/mol. The summed E-state index contributed by atoms with van der Waals surface area (Å²) < 4.78 is 46.8. The van der Waals surface area contributed by atoms with Crippen LogP contribution in [-0.4, -0.2) is 190 Å². The Hall–Kier alpha value is -7.45. The minimum atomic E-state index is -4.19. The van der Waals surface area contributed by atoms with Crippen molar-refractivity contribution in [1.29, 1.82) is 0 Å². The first-order valence-electron chi connectivity index (χ1n) is 38.8. The van der Waals surface area contributed by atoms with Crippen molar-refractivity contribution >= 4 is 68.5 Å². The van der Waals surface area contributed by atoms with E-state index in [2.05, 4.69) is 78.6 Å². The molecule has 4 aliphatic carbocycles. The predicted molar refractivity (Wildman–Crippen MR) is 417 cm³/mol. The number of likely N-dealkylation sites (tertiary alicyclic amines) is 2. The summed E-state index contributed by atoms with van der Waals surface area (Å²) in [5.41, 5.74) is 9.60. The van der Waals surface area contributed by atoms with Crippen molar-refractivity contribution in [3.8, 4) is 11.3 Å². The number of nitrogens with zero attached hydrogens (tertiary/aromatic N) is 5. The zero-order valence-electron chi connectivity index (χ0n) is 64.1. The molecular formula is C83H114N10O12S2. The molecule has 6 fully saturated rings. The lowest BCUT2D eigenvalue weighted by atomic mass is 9.31. The zero-order valence-corrected chi connectivity index (χ0v) is 65.7. The second-order valence-electron chi connectivity index (χ2n) is 32.8. The maximum Gasteiger partial charge on any atom is 0.264 e. The standard InChI is InChI=1S/C83H114N10O12S2/c1-9-82-53-83(54-82,55-82)69-48-81(7,8)33-29-63(69)50-91-38-40-92(41-39-91)65-23-21-62(22-24-65)77(98)89-107(101,102)68-25-26-70(57(2)46-68)87-64(52-106-67-14-11-10-12-15-67)32-37-90-35-30-60(31-36-90)72(95)16-13-42-103-44-45-104-43-34-84-73(96)27-28-74(97)88-76(80(4,5)6)79(100)93-51-66(94)47-71(93)78(99)85-49-59-17-19-61(20-18-59)75-58(3)86-56-105-75/h10-12,14-15,17-26,46,56,60,64,66,71,76,87,94H,9,13,16,27-45,47-55H2,1-8H3,(H,84,96)(H,85,99)(H,88,97)(H,89,98)/t64-,66-,71+,76-,82?,83?/m1/s1. The Labute approximate surface area is 637 Å². The monoisotopic (exact) mass is 1510 g/mol. The molecule has 1 aromatic heterocycles. The molecule has 7 aliphatic rings. The van der Waals surface area contributed by atoms with Gasteiger partial charge in [0, 0.05) is 136 Å². The molecule has 4 atom stereocenters. The number of thioether (sulfide) groups is 1. The number of hydrogen-bond acceptors (Lipinski definition) is 18.